The average molecular weight is 120 g/mol. The molecule has 0 unspecified atom stereocenters. The number of rotatable bonds is 0. The van der Waals surface area contributed by atoms with E-state index in [1.165, 1.54) is 0 Å². The van der Waals surface area contributed by atoms with Crippen LogP contribution >= 0.6 is 0 Å². The van der Waals surface area contributed by atoms with Gasteiger partial charge in [0.2, 0.25) is 0 Å². The SMILES string of the molecule is Nc1[c][c][c]c(N)c1N. The highest BCUT2D eigenvalue weighted by Gasteiger charge is 1.95. The Balaban J connectivity index is 3.25. The van der Waals surface area contributed by atoms with Gasteiger partial charge < -0.3 is 17.2 Å². The Labute approximate surface area is 53.5 Å². The van der Waals surface area contributed by atoms with E-state index >= 15 is 0 Å². The van der Waals surface area contributed by atoms with Gasteiger partial charge in [0.05, 0.1) is 17.1 Å². The lowest BCUT2D eigenvalue weighted by molar-refractivity contribution is 1.61. The monoisotopic (exact) mass is 120 g/mol. The minimum atomic E-state index is 0.325. The van der Waals surface area contributed by atoms with E-state index in [1.807, 2.05) is 0 Å². The van der Waals surface area contributed by atoms with E-state index in [0.717, 1.165) is 0 Å². The van der Waals surface area contributed by atoms with Crippen LogP contribution in [0.15, 0.2) is 0 Å². The molecule has 3 radical (unpaired) electrons. The molecule has 1 aromatic carbocycles. The Hall–Kier alpha value is -1.38. The third kappa shape index (κ3) is 0.887. The molecule has 3 nitrogen and oxygen atoms in total. The Morgan fingerprint density at radius 1 is 0.889 bits per heavy atom. The van der Waals surface area contributed by atoms with Crippen LogP contribution in [0, 0.1) is 18.2 Å². The summed E-state index contributed by atoms with van der Waals surface area (Å²) in [5.41, 5.74) is 16.9. The summed E-state index contributed by atoms with van der Waals surface area (Å²) in [6, 6.07) is 7.55. The van der Waals surface area contributed by atoms with E-state index in [1.54, 1.807) is 0 Å². The van der Waals surface area contributed by atoms with E-state index in [4.69, 9.17) is 17.2 Å². The summed E-state index contributed by atoms with van der Waals surface area (Å²) >= 11 is 0. The summed E-state index contributed by atoms with van der Waals surface area (Å²) in [7, 11) is 0. The molecular formula is C6H6N3. The zero-order valence-electron chi connectivity index (χ0n) is 4.73. The van der Waals surface area contributed by atoms with Gasteiger partial charge in [0.1, 0.15) is 0 Å². The Morgan fingerprint density at radius 3 is 1.67 bits per heavy atom. The van der Waals surface area contributed by atoms with Crippen LogP contribution in [0.25, 0.3) is 0 Å². The van der Waals surface area contributed by atoms with Crippen LogP contribution in [0.3, 0.4) is 0 Å². The highest BCUT2D eigenvalue weighted by molar-refractivity contribution is 5.75. The number of benzene rings is 1. The number of hydrogen-bond acceptors (Lipinski definition) is 3. The van der Waals surface area contributed by atoms with Gasteiger partial charge in [0.15, 0.2) is 0 Å². The molecule has 0 atom stereocenters. The van der Waals surface area contributed by atoms with E-state index in [2.05, 4.69) is 18.2 Å². The highest BCUT2D eigenvalue weighted by Crippen LogP contribution is 2.18. The second-order valence-corrected chi connectivity index (χ2v) is 1.62. The quantitative estimate of drug-likeness (QED) is 0.416. The largest absolute Gasteiger partial charge is 0.396 e. The van der Waals surface area contributed by atoms with Crippen molar-refractivity contribution in [3.8, 4) is 0 Å². The van der Waals surface area contributed by atoms with E-state index < -0.39 is 0 Å². The third-order valence-corrected chi connectivity index (χ3v) is 0.975. The van der Waals surface area contributed by atoms with Crippen LogP contribution in [0.2, 0.25) is 0 Å². The molecule has 0 amide bonds. The molecule has 0 saturated heterocycles. The molecular weight excluding hydrogens is 114 g/mol. The number of hydrogen-bond donors (Lipinski definition) is 3. The van der Waals surface area contributed by atoms with Crippen LogP contribution in [0.4, 0.5) is 17.1 Å². The van der Waals surface area contributed by atoms with Crippen LogP contribution in [0.1, 0.15) is 0 Å². The lowest BCUT2D eigenvalue weighted by atomic mass is 10.2. The molecule has 0 aromatic heterocycles. The summed E-state index contributed by atoms with van der Waals surface area (Å²) in [4.78, 5) is 0. The predicted octanol–water partition coefficient (Wildman–Crippen LogP) is -0.166. The van der Waals surface area contributed by atoms with Gasteiger partial charge in [-0.25, -0.2) is 0 Å². The van der Waals surface area contributed by atoms with Crippen molar-refractivity contribution in [1.29, 1.82) is 0 Å². The molecule has 0 fully saturated rings. The maximum Gasteiger partial charge on any atom is 0.0794 e. The minimum Gasteiger partial charge on any atom is -0.396 e. The van der Waals surface area contributed by atoms with Gasteiger partial charge in [-0.05, 0) is 0 Å². The maximum absolute atomic E-state index is 5.35. The molecule has 0 aliphatic heterocycles. The zero-order valence-corrected chi connectivity index (χ0v) is 4.73. The van der Waals surface area contributed by atoms with Crippen molar-refractivity contribution in [3.05, 3.63) is 18.2 Å². The van der Waals surface area contributed by atoms with Crippen molar-refractivity contribution in [2.24, 2.45) is 0 Å². The summed E-state index contributed by atoms with van der Waals surface area (Å²) < 4.78 is 0. The molecule has 45 valence electrons. The second-order valence-electron chi connectivity index (χ2n) is 1.62. The Morgan fingerprint density at radius 2 is 1.33 bits per heavy atom. The Bertz CT molecular complexity index is 199. The van der Waals surface area contributed by atoms with Crippen LogP contribution in [0.5, 0.6) is 0 Å². The molecule has 1 rings (SSSR count). The molecule has 6 N–H and O–H groups in total. The van der Waals surface area contributed by atoms with Gasteiger partial charge in [0, 0.05) is 18.2 Å². The predicted molar refractivity (Wildman–Crippen MR) is 36.2 cm³/mol. The van der Waals surface area contributed by atoms with Crippen molar-refractivity contribution >= 4 is 17.1 Å². The summed E-state index contributed by atoms with van der Waals surface area (Å²) in [5.74, 6) is 0. The molecule has 9 heavy (non-hydrogen) atoms. The number of nitrogens with two attached hydrogens (primary N) is 3. The Kier molecular flexibility index (Phi) is 1.18. The zero-order chi connectivity index (χ0) is 6.85. The molecule has 3 heteroatoms. The first-order valence-corrected chi connectivity index (χ1v) is 2.37. The lowest BCUT2D eigenvalue weighted by Crippen LogP contribution is -1.99. The molecule has 1 aromatic rings. The standard InChI is InChI=1S/C6H6N3/c7-4-2-1-3-5(8)6(4)9/h7-9H2. The first-order valence-electron chi connectivity index (χ1n) is 2.37. The maximum atomic E-state index is 5.35. The van der Waals surface area contributed by atoms with Gasteiger partial charge in [-0.2, -0.15) is 0 Å². The highest BCUT2D eigenvalue weighted by atomic mass is 14.7. The van der Waals surface area contributed by atoms with Crippen LogP contribution in [-0.2, 0) is 0 Å². The van der Waals surface area contributed by atoms with Gasteiger partial charge in [0.25, 0.3) is 0 Å². The van der Waals surface area contributed by atoms with Crippen molar-refractivity contribution in [2.45, 2.75) is 0 Å². The molecule has 0 aliphatic rings. The fourth-order valence-corrected chi connectivity index (χ4v) is 0.446. The third-order valence-electron chi connectivity index (χ3n) is 0.975. The average Bonchev–Trinajstić information content (AvgIpc) is 1.83. The summed E-state index contributed by atoms with van der Waals surface area (Å²) in [5, 5.41) is 0. The van der Waals surface area contributed by atoms with Gasteiger partial charge in [-0.3, -0.25) is 0 Å². The van der Waals surface area contributed by atoms with Crippen molar-refractivity contribution < 1.29 is 0 Å². The topological polar surface area (TPSA) is 78.1 Å². The summed E-state index contributed by atoms with van der Waals surface area (Å²) in [6.07, 6.45) is 0. The van der Waals surface area contributed by atoms with Crippen molar-refractivity contribution in [1.82, 2.24) is 0 Å². The number of nitrogen functional groups attached to an aromatic ring is 3. The normalized spacial score (nSPS) is 9.33. The van der Waals surface area contributed by atoms with Crippen LogP contribution in [-0.4, -0.2) is 0 Å². The van der Waals surface area contributed by atoms with Gasteiger partial charge >= 0.3 is 0 Å². The van der Waals surface area contributed by atoms with Crippen molar-refractivity contribution in [3.63, 3.8) is 0 Å². The smallest absolute Gasteiger partial charge is 0.0794 e. The van der Waals surface area contributed by atoms with E-state index in [0.29, 0.717) is 17.1 Å². The van der Waals surface area contributed by atoms with Gasteiger partial charge in [-0.1, -0.05) is 0 Å². The van der Waals surface area contributed by atoms with E-state index in [-0.39, 0.29) is 0 Å². The first-order chi connectivity index (χ1) is 4.22. The van der Waals surface area contributed by atoms with Gasteiger partial charge in [-0.15, -0.1) is 0 Å². The summed E-state index contributed by atoms with van der Waals surface area (Å²) in [6.45, 7) is 0. The second kappa shape index (κ2) is 1.85. The van der Waals surface area contributed by atoms with Crippen LogP contribution < -0.4 is 17.2 Å². The fourth-order valence-electron chi connectivity index (χ4n) is 0.446. The molecule has 0 bridgehead atoms. The number of anilines is 3. The molecule has 0 spiro atoms. The molecule has 0 saturated carbocycles. The minimum absolute atomic E-state index is 0.325. The van der Waals surface area contributed by atoms with Crippen molar-refractivity contribution in [2.75, 3.05) is 17.2 Å². The molecule has 0 aliphatic carbocycles. The fraction of sp³-hybridized carbons (Fsp3) is 0. The molecule has 0 heterocycles. The van der Waals surface area contributed by atoms with E-state index in [9.17, 15) is 0 Å². The first kappa shape index (κ1) is 5.75. The lowest BCUT2D eigenvalue weighted by Gasteiger charge is -1.99.